The molecule has 0 bridgehead atoms. The van der Waals surface area contributed by atoms with E-state index < -0.39 is 18.2 Å². The fraction of sp³-hybridized carbons (Fsp3) is 0.672. The molecule has 0 aromatic rings. The van der Waals surface area contributed by atoms with Crippen LogP contribution in [0.2, 0.25) is 0 Å². The van der Waals surface area contributed by atoms with Gasteiger partial charge in [-0.25, -0.2) is 0 Å². The smallest absolute Gasteiger partial charge is 0.306 e. The first kappa shape index (κ1) is 63.5. The van der Waals surface area contributed by atoms with Gasteiger partial charge in [0.1, 0.15) is 6.10 Å². The predicted molar refractivity (Wildman–Crippen MR) is 291 cm³/mol. The molecule has 0 aromatic heterocycles. The lowest BCUT2D eigenvalue weighted by molar-refractivity contribution is -0.148. The van der Waals surface area contributed by atoms with Gasteiger partial charge >= 0.3 is 5.97 Å². The Bertz CT molecular complexity index is 1370. The third kappa shape index (κ3) is 48.8. The van der Waals surface area contributed by atoms with Gasteiger partial charge in [-0.2, -0.15) is 0 Å². The van der Waals surface area contributed by atoms with Crippen molar-refractivity contribution >= 4 is 11.9 Å². The molecule has 0 saturated heterocycles. The molecule has 3 unspecified atom stereocenters. The van der Waals surface area contributed by atoms with Gasteiger partial charge in [0, 0.05) is 6.42 Å². The Balaban J connectivity index is 4.75. The van der Waals surface area contributed by atoms with E-state index in [1.54, 1.807) is 6.08 Å². The molecule has 3 N–H and O–H groups in total. The monoisotopic (exact) mass is 930 g/mol. The molecule has 0 aliphatic heterocycles. The van der Waals surface area contributed by atoms with E-state index in [1.165, 1.54) is 103 Å². The van der Waals surface area contributed by atoms with E-state index in [0.29, 0.717) is 19.3 Å². The minimum absolute atomic E-state index is 0.0648. The third-order valence-corrected chi connectivity index (χ3v) is 11.8. The second kappa shape index (κ2) is 53.5. The van der Waals surface area contributed by atoms with Crippen LogP contribution in [-0.4, -0.2) is 46.9 Å². The average molecular weight is 930 g/mol. The molecular weight excluding hydrogens is 827 g/mol. The van der Waals surface area contributed by atoms with Crippen LogP contribution in [0.5, 0.6) is 0 Å². The summed E-state index contributed by atoms with van der Waals surface area (Å²) in [5, 5.41) is 23.8. The molecular formula is C61H103NO5. The molecule has 1 amide bonds. The van der Waals surface area contributed by atoms with Crippen molar-refractivity contribution in [1.82, 2.24) is 5.32 Å². The lowest BCUT2D eigenvalue weighted by Gasteiger charge is -2.23. The van der Waals surface area contributed by atoms with Crippen LogP contribution in [0.15, 0.2) is 109 Å². The number of amides is 1. The van der Waals surface area contributed by atoms with E-state index in [2.05, 4.69) is 123 Å². The fourth-order valence-corrected chi connectivity index (χ4v) is 7.67. The van der Waals surface area contributed by atoms with E-state index in [9.17, 15) is 19.8 Å². The van der Waals surface area contributed by atoms with Gasteiger partial charge < -0.3 is 20.3 Å². The van der Waals surface area contributed by atoms with Crippen molar-refractivity contribution in [2.24, 2.45) is 0 Å². The lowest BCUT2D eigenvalue weighted by Crippen LogP contribution is -2.46. The highest BCUT2D eigenvalue weighted by Crippen LogP contribution is 2.16. The summed E-state index contributed by atoms with van der Waals surface area (Å²) in [5.74, 6) is -0.671. The number of nitrogens with one attached hydrogen (secondary N) is 1. The number of hydrogen-bond donors (Lipinski definition) is 3. The molecule has 0 radical (unpaired) electrons. The normalized spacial score (nSPS) is 14.0. The number of unbranched alkanes of at least 4 members (excludes halogenated alkanes) is 20. The summed E-state index contributed by atoms with van der Waals surface area (Å²) in [6.45, 7) is 6.30. The number of aliphatic hydroxyl groups is 2. The second-order valence-electron chi connectivity index (χ2n) is 18.2. The molecule has 6 nitrogen and oxygen atoms in total. The molecule has 0 heterocycles. The van der Waals surface area contributed by atoms with Crippen molar-refractivity contribution in [2.45, 2.75) is 257 Å². The number of ether oxygens (including phenoxy) is 1. The first-order valence-electron chi connectivity index (χ1n) is 27.6. The number of rotatable bonds is 48. The number of aliphatic hydroxyl groups excluding tert-OH is 2. The maximum absolute atomic E-state index is 13.2. The third-order valence-electron chi connectivity index (χ3n) is 11.8. The van der Waals surface area contributed by atoms with Gasteiger partial charge in [0.25, 0.3) is 0 Å². The standard InChI is InChI=1S/C61H103NO5/c1-4-7-10-13-16-19-22-25-28-29-30-31-33-36-39-42-45-48-51-54-61(66)67-57(52-49-46-43-40-37-34-27-24-21-18-15-12-9-6-3)55-60(65)62-58(56-63)59(64)53-50-47-44-41-38-35-32-26-23-20-17-14-11-8-5-2/h9,12,16,18-19,21,25,27-28,30-31,34,36,39-40,43,49,52,57-59,63-64H,4-8,10-11,13-15,17,20,22-24,26,29,32-33,35,37-38,41-42,44-48,50-51,53-56H2,1-3H3,(H,62,65)/b12-9+,19-16-,21-18+,28-25-,31-30-,34-27+,39-36-,43-40+,52-49+. The second-order valence-corrected chi connectivity index (χ2v) is 18.2. The summed E-state index contributed by atoms with van der Waals surface area (Å²) in [4.78, 5) is 26.2. The van der Waals surface area contributed by atoms with E-state index in [0.717, 1.165) is 89.9 Å². The molecule has 0 spiro atoms. The maximum atomic E-state index is 13.2. The number of hydrogen-bond acceptors (Lipinski definition) is 5. The van der Waals surface area contributed by atoms with Gasteiger partial charge in [0.2, 0.25) is 5.91 Å². The predicted octanol–water partition coefficient (Wildman–Crippen LogP) is 17.1. The molecule has 0 aromatic carbocycles. The van der Waals surface area contributed by atoms with Crippen molar-refractivity contribution in [2.75, 3.05) is 6.61 Å². The number of esters is 1. The summed E-state index contributed by atoms with van der Waals surface area (Å²) in [5.41, 5.74) is 0. The summed E-state index contributed by atoms with van der Waals surface area (Å²) in [6.07, 6.45) is 73.2. The van der Waals surface area contributed by atoms with E-state index >= 15 is 0 Å². The van der Waals surface area contributed by atoms with Gasteiger partial charge in [-0.3, -0.25) is 9.59 Å². The minimum atomic E-state index is -0.832. The molecule has 0 saturated carbocycles. The zero-order valence-electron chi connectivity index (χ0n) is 43.5. The Labute approximate surface area is 413 Å². The van der Waals surface area contributed by atoms with Crippen LogP contribution in [0.1, 0.15) is 239 Å². The number of carbonyl (C=O) groups is 2. The van der Waals surface area contributed by atoms with Crippen molar-refractivity contribution in [3.8, 4) is 0 Å². The van der Waals surface area contributed by atoms with E-state index in [-0.39, 0.29) is 24.9 Å². The molecule has 0 rings (SSSR count). The van der Waals surface area contributed by atoms with Gasteiger partial charge in [-0.15, -0.1) is 0 Å². The lowest BCUT2D eigenvalue weighted by atomic mass is 10.0. The highest BCUT2D eigenvalue weighted by atomic mass is 16.5. The van der Waals surface area contributed by atoms with Crippen molar-refractivity contribution in [1.29, 1.82) is 0 Å². The van der Waals surface area contributed by atoms with Crippen LogP contribution in [-0.2, 0) is 14.3 Å². The summed E-state index contributed by atoms with van der Waals surface area (Å²) < 4.78 is 5.82. The van der Waals surface area contributed by atoms with Gasteiger partial charge in [-0.1, -0.05) is 240 Å². The van der Waals surface area contributed by atoms with Crippen molar-refractivity contribution in [3.05, 3.63) is 109 Å². The van der Waals surface area contributed by atoms with Gasteiger partial charge in [0.05, 0.1) is 25.2 Å². The number of carbonyl (C=O) groups excluding carboxylic acids is 2. The molecule has 0 aliphatic rings. The number of allylic oxidation sites excluding steroid dienone is 17. The molecule has 0 aliphatic carbocycles. The quantitative estimate of drug-likeness (QED) is 0.0321. The Kier molecular flexibility index (Phi) is 50.7. The Morgan fingerprint density at radius 3 is 1.28 bits per heavy atom. The molecule has 0 fully saturated rings. The zero-order chi connectivity index (χ0) is 48.8. The van der Waals surface area contributed by atoms with Gasteiger partial charge in [0.15, 0.2) is 0 Å². The molecule has 382 valence electrons. The Morgan fingerprint density at radius 1 is 0.463 bits per heavy atom. The van der Waals surface area contributed by atoms with Crippen molar-refractivity contribution in [3.63, 3.8) is 0 Å². The van der Waals surface area contributed by atoms with Crippen LogP contribution >= 0.6 is 0 Å². The van der Waals surface area contributed by atoms with Gasteiger partial charge in [-0.05, 0) is 96.0 Å². The zero-order valence-corrected chi connectivity index (χ0v) is 43.5. The first-order valence-corrected chi connectivity index (χ1v) is 27.6. The first-order chi connectivity index (χ1) is 33.0. The van der Waals surface area contributed by atoms with Crippen LogP contribution in [0.3, 0.4) is 0 Å². The van der Waals surface area contributed by atoms with Crippen LogP contribution in [0.4, 0.5) is 0 Å². The largest absolute Gasteiger partial charge is 0.458 e. The maximum Gasteiger partial charge on any atom is 0.306 e. The SMILES string of the molecule is CC/C=C/C/C=C/C/C=C/C/C=C/C/C=C/C(CC(=O)NC(CO)C(O)CCCCCCCCCCCCCCCCC)OC(=O)CCCCC/C=C\C/C=C\C/C=C\C/C=C\CCCCC. The summed E-state index contributed by atoms with van der Waals surface area (Å²) in [7, 11) is 0. The highest BCUT2D eigenvalue weighted by Gasteiger charge is 2.23. The topological polar surface area (TPSA) is 95.9 Å². The molecule has 67 heavy (non-hydrogen) atoms. The van der Waals surface area contributed by atoms with Crippen molar-refractivity contribution < 1.29 is 24.5 Å². The minimum Gasteiger partial charge on any atom is -0.458 e. The van der Waals surface area contributed by atoms with Crippen LogP contribution in [0.25, 0.3) is 0 Å². The molecule has 3 atom stereocenters. The summed E-state index contributed by atoms with van der Waals surface area (Å²) >= 11 is 0. The average Bonchev–Trinajstić information content (AvgIpc) is 3.32. The van der Waals surface area contributed by atoms with Crippen LogP contribution in [0, 0.1) is 0 Å². The Hall–Kier alpha value is -3.48. The van der Waals surface area contributed by atoms with E-state index in [4.69, 9.17) is 4.74 Å². The fourth-order valence-electron chi connectivity index (χ4n) is 7.67. The Morgan fingerprint density at radius 2 is 0.836 bits per heavy atom. The summed E-state index contributed by atoms with van der Waals surface area (Å²) in [6, 6.07) is -0.756. The van der Waals surface area contributed by atoms with E-state index in [1.807, 2.05) is 6.08 Å². The van der Waals surface area contributed by atoms with Crippen LogP contribution < -0.4 is 5.32 Å². The highest BCUT2D eigenvalue weighted by molar-refractivity contribution is 5.78. The molecule has 6 heteroatoms.